The first-order valence-electron chi connectivity index (χ1n) is 15.7. The van der Waals surface area contributed by atoms with E-state index in [1.54, 1.807) is 12.1 Å². The predicted octanol–water partition coefficient (Wildman–Crippen LogP) is 8.39. The number of esters is 1. The lowest BCUT2D eigenvalue weighted by molar-refractivity contribution is -0.143. The van der Waals surface area contributed by atoms with Crippen LogP contribution in [0.4, 0.5) is 18.9 Å². The Morgan fingerprint density at radius 3 is 2.52 bits per heavy atom. The quantitative estimate of drug-likeness (QED) is 0.184. The number of nitrogens with zero attached hydrogens (tertiary/aromatic N) is 3. The molecule has 1 saturated heterocycles. The molecule has 2 fully saturated rings. The van der Waals surface area contributed by atoms with Gasteiger partial charge in [-0.05, 0) is 104 Å². The summed E-state index contributed by atoms with van der Waals surface area (Å²) in [5, 5.41) is 9.54. The molecule has 2 aromatic heterocycles. The summed E-state index contributed by atoms with van der Waals surface area (Å²) in [7, 11) is 0. The van der Waals surface area contributed by atoms with Crippen LogP contribution in [0.5, 0.6) is 0 Å². The molecule has 1 N–H and O–H groups in total. The third-order valence-electron chi connectivity index (χ3n) is 8.88. The molecular weight excluding hydrogens is 613 g/mol. The number of alkyl halides is 3. The highest BCUT2D eigenvalue weighted by atomic mass is 32.1. The highest BCUT2D eigenvalue weighted by molar-refractivity contribution is 7.13. The fourth-order valence-corrected chi connectivity index (χ4v) is 7.28. The lowest BCUT2D eigenvalue weighted by atomic mass is 9.88. The van der Waals surface area contributed by atoms with Crippen LogP contribution < -0.4 is 5.32 Å². The van der Waals surface area contributed by atoms with Crippen LogP contribution in [-0.4, -0.2) is 46.3 Å². The number of aromatic nitrogens is 2. The molecule has 1 atom stereocenters. The van der Waals surface area contributed by atoms with Crippen LogP contribution in [0.25, 0.3) is 16.1 Å². The van der Waals surface area contributed by atoms with Gasteiger partial charge in [0.25, 0.3) is 0 Å². The molecule has 242 valence electrons. The molecule has 1 aliphatic carbocycles. The molecule has 2 aliphatic rings. The smallest absolute Gasteiger partial charge is 0.434 e. The largest absolute Gasteiger partial charge is 0.462 e. The number of anilines is 1. The van der Waals surface area contributed by atoms with Gasteiger partial charge in [-0.25, -0.2) is 9.48 Å². The second-order valence-corrected chi connectivity index (χ2v) is 13.0. The van der Waals surface area contributed by atoms with Crippen molar-refractivity contribution >= 4 is 28.9 Å². The van der Waals surface area contributed by atoms with E-state index in [9.17, 15) is 22.8 Å². The number of nitrogens with one attached hydrogen (secondary N) is 1. The lowest BCUT2D eigenvalue weighted by Crippen LogP contribution is -2.38. The summed E-state index contributed by atoms with van der Waals surface area (Å²) in [4.78, 5) is 27.7. The maximum atomic E-state index is 14.1. The maximum absolute atomic E-state index is 14.1. The van der Waals surface area contributed by atoms with Crippen LogP contribution in [0, 0.1) is 12.8 Å². The zero-order valence-electron chi connectivity index (χ0n) is 26.1. The Bertz CT molecular complexity index is 1730. The summed E-state index contributed by atoms with van der Waals surface area (Å²) in [6, 6.07) is 15.2. The van der Waals surface area contributed by atoms with E-state index in [0.717, 1.165) is 76.9 Å². The highest BCUT2D eigenvalue weighted by Crippen LogP contribution is 2.39. The molecule has 1 amide bonds. The molecule has 2 aromatic carbocycles. The number of amides is 1. The van der Waals surface area contributed by atoms with Crippen LogP contribution in [0.15, 0.2) is 60.1 Å². The summed E-state index contributed by atoms with van der Waals surface area (Å²) in [6.07, 6.45) is 0.121. The Hall–Kier alpha value is -4.12. The summed E-state index contributed by atoms with van der Waals surface area (Å²) in [5.74, 6) is -0.0290. The van der Waals surface area contributed by atoms with E-state index in [-0.39, 0.29) is 24.3 Å². The van der Waals surface area contributed by atoms with Gasteiger partial charge in [0.1, 0.15) is 5.56 Å². The van der Waals surface area contributed by atoms with E-state index >= 15 is 0 Å². The summed E-state index contributed by atoms with van der Waals surface area (Å²) >= 11 is 1.51. The Morgan fingerprint density at radius 2 is 1.85 bits per heavy atom. The number of thiophene rings is 1. The number of benzene rings is 2. The number of likely N-dealkylation sites (tertiary alicyclic amines) is 1. The van der Waals surface area contributed by atoms with Crippen molar-refractivity contribution in [1.29, 1.82) is 0 Å². The zero-order chi connectivity index (χ0) is 32.6. The number of hydrogen-bond acceptors (Lipinski definition) is 6. The first kappa shape index (κ1) is 31.8. The van der Waals surface area contributed by atoms with Crippen LogP contribution in [0.3, 0.4) is 0 Å². The minimum absolute atomic E-state index is 0.0449. The van der Waals surface area contributed by atoms with Crippen LogP contribution in [-0.2, 0) is 15.7 Å². The molecule has 0 radical (unpaired) electrons. The third-order valence-corrected chi connectivity index (χ3v) is 9.85. The van der Waals surface area contributed by atoms with Gasteiger partial charge in [0, 0.05) is 35.6 Å². The zero-order valence-corrected chi connectivity index (χ0v) is 26.9. The van der Waals surface area contributed by atoms with Crippen molar-refractivity contribution in [2.75, 3.05) is 25.0 Å². The number of carbonyl (C=O) groups excluding carboxylic acids is 2. The third kappa shape index (κ3) is 6.56. The standard InChI is InChI=1S/C35H37F3N4O3S/c1-4-45-34(44)29-20-39-42(32(29)35(36,37)38)27-7-5-6-26(19-27)31-28(14-17-46-31)22(3)40-30-11-10-25(18-21(30)2)23-12-15-41(16-13-23)33(43)24-8-9-24/h5-7,10-11,14,17-20,22-24,40H,4,8-9,12-13,15-16H2,1-3H3. The van der Waals surface area contributed by atoms with Crippen molar-refractivity contribution in [3.8, 4) is 16.1 Å². The number of piperidine rings is 1. The summed E-state index contributed by atoms with van der Waals surface area (Å²) in [5.41, 5.74) is 3.61. The number of ether oxygens (including phenoxy) is 1. The van der Waals surface area contributed by atoms with Crippen LogP contribution in [0.1, 0.15) is 84.2 Å². The van der Waals surface area contributed by atoms with Gasteiger partial charge in [-0.15, -0.1) is 11.3 Å². The SMILES string of the molecule is CCOC(=O)c1cnn(-c2cccc(-c3sccc3C(C)Nc3ccc(C4CCN(C(=O)C5CC5)CC4)cc3C)c2)c1C(F)(F)F. The minimum atomic E-state index is -4.82. The molecule has 11 heteroatoms. The number of halogens is 3. The average Bonchev–Trinajstić information content (AvgIpc) is 3.58. The van der Waals surface area contributed by atoms with Gasteiger partial charge in [0.2, 0.25) is 5.91 Å². The Balaban J connectivity index is 1.18. The van der Waals surface area contributed by atoms with E-state index in [1.165, 1.54) is 29.9 Å². The number of rotatable bonds is 9. The number of aryl methyl sites for hydroxylation is 1. The lowest BCUT2D eigenvalue weighted by Gasteiger charge is -2.32. The molecule has 1 unspecified atom stereocenters. The van der Waals surface area contributed by atoms with Crippen molar-refractivity contribution in [1.82, 2.24) is 14.7 Å². The molecule has 46 heavy (non-hydrogen) atoms. The van der Waals surface area contributed by atoms with Gasteiger partial charge in [-0.2, -0.15) is 18.3 Å². The first-order chi connectivity index (χ1) is 22.0. The second-order valence-electron chi connectivity index (χ2n) is 12.1. The second kappa shape index (κ2) is 12.9. The first-order valence-corrected chi connectivity index (χ1v) is 16.6. The van der Waals surface area contributed by atoms with Crippen molar-refractivity contribution < 1.29 is 27.5 Å². The molecule has 0 bridgehead atoms. The fourth-order valence-electron chi connectivity index (χ4n) is 6.28. The van der Waals surface area contributed by atoms with Gasteiger partial charge in [-0.1, -0.05) is 24.3 Å². The van der Waals surface area contributed by atoms with Crippen molar-refractivity contribution in [2.45, 2.75) is 64.6 Å². The minimum Gasteiger partial charge on any atom is -0.462 e. The molecule has 6 rings (SSSR count). The maximum Gasteiger partial charge on any atom is 0.434 e. The van der Waals surface area contributed by atoms with Crippen molar-refractivity contribution in [3.63, 3.8) is 0 Å². The van der Waals surface area contributed by atoms with Crippen LogP contribution >= 0.6 is 11.3 Å². The molecule has 0 spiro atoms. The van der Waals surface area contributed by atoms with E-state index < -0.39 is 23.4 Å². The van der Waals surface area contributed by atoms with E-state index in [1.807, 2.05) is 22.4 Å². The van der Waals surface area contributed by atoms with Gasteiger partial charge in [-0.3, -0.25) is 4.79 Å². The monoisotopic (exact) mass is 650 g/mol. The fraction of sp³-hybridized carbons (Fsp3) is 0.400. The van der Waals surface area contributed by atoms with E-state index in [0.29, 0.717) is 11.8 Å². The summed E-state index contributed by atoms with van der Waals surface area (Å²) < 4.78 is 48.0. The average molecular weight is 651 g/mol. The highest BCUT2D eigenvalue weighted by Gasteiger charge is 2.41. The Kier molecular flexibility index (Phi) is 8.96. The molecule has 4 aromatic rings. The van der Waals surface area contributed by atoms with E-state index in [4.69, 9.17) is 4.74 Å². The van der Waals surface area contributed by atoms with Gasteiger partial charge in [0.05, 0.1) is 18.5 Å². The molecule has 1 aliphatic heterocycles. The Morgan fingerprint density at radius 1 is 1.09 bits per heavy atom. The Labute approximate surface area is 270 Å². The van der Waals surface area contributed by atoms with Gasteiger partial charge in [0.15, 0.2) is 5.69 Å². The van der Waals surface area contributed by atoms with Crippen molar-refractivity contribution in [3.05, 3.63) is 88.1 Å². The van der Waals surface area contributed by atoms with Crippen LogP contribution in [0.2, 0.25) is 0 Å². The molecule has 1 saturated carbocycles. The normalized spacial score (nSPS) is 16.3. The van der Waals surface area contributed by atoms with Gasteiger partial charge >= 0.3 is 12.1 Å². The number of carbonyl (C=O) groups is 2. The predicted molar refractivity (Wildman–Crippen MR) is 172 cm³/mol. The molecule has 7 nitrogen and oxygen atoms in total. The number of hydrogen-bond donors (Lipinski definition) is 1. The molecular formula is C35H37F3N4O3S. The van der Waals surface area contributed by atoms with Gasteiger partial charge < -0.3 is 15.0 Å². The molecule has 3 heterocycles. The summed E-state index contributed by atoms with van der Waals surface area (Å²) in [6.45, 7) is 7.29. The van der Waals surface area contributed by atoms with E-state index in [2.05, 4.69) is 42.5 Å². The topological polar surface area (TPSA) is 76.5 Å². The van der Waals surface area contributed by atoms with Crippen molar-refractivity contribution in [2.24, 2.45) is 5.92 Å².